The van der Waals surface area contributed by atoms with Crippen LogP contribution in [0.25, 0.3) is 11.1 Å². The van der Waals surface area contributed by atoms with Crippen molar-refractivity contribution in [3.63, 3.8) is 0 Å². The van der Waals surface area contributed by atoms with Crippen LogP contribution in [-0.4, -0.2) is 9.55 Å². The Labute approximate surface area is 174 Å². The highest BCUT2D eigenvalue weighted by Crippen LogP contribution is 2.30. The summed E-state index contributed by atoms with van der Waals surface area (Å²) >= 11 is 12.1. The molecular weight excluding hydrogens is 393 g/mol. The smallest absolute Gasteiger partial charge is 0.349 e. The van der Waals surface area contributed by atoms with Crippen LogP contribution in [0.15, 0.2) is 59.5 Å². The van der Waals surface area contributed by atoms with E-state index in [9.17, 15) is 4.79 Å². The van der Waals surface area contributed by atoms with E-state index in [0.29, 0.717) is 22.2 Å². The summed E-state index contributed by atoms with van der Waals surface area (Å²) in [4.78, 5) is 16.1. The van der Waals surface area contributed by atoms with Gasteiger partial charge < -0.3 is 5.73 Å². The van der Waals surface area contributed by atoms with Gasteiger partial charge in [0.15, 0.2) is 0 Å². The van der Waals surface area contributed by atoms with Crippen LogP contribution in [-0.2, 0) is 13.0 Å². The molecule has 0 bridgehead atoms. The lowest BCUT2D eigenvalue weighted by molar-refractivity contribution is 0.555. The number of benzene rings is 2. The molecule has 3 rings (SSSR count). The van der Waals surface area contributed by atoms with Crippen LogP contribution in [0.4, 0.5) is 5.82 Å². The van der Waals surface area contributed by atoms with E-state index in [-0.39, 0.29) is 11.5 Å². The van der Waals surface area contributed by atoms with E-state index in [4.69, 9.17) is 28.9 Å². The maximum absolute atomic E-state index is 12.2. The molecule has 0 atom stereocenters. The highest BCUT2D eigenvalue weighted by Gasteiger charge is 2.10. The standard InChI is InChI=1S/C22H23Cl2N3O/c23-19-12-11-17(14-20(19)24)18-15-27(22(28)26-21(18)25)13-7-2-1-4-8-16-9-5-3-6-10-16/h3,5-6,9-12,14-15H,1-2,4,7-8,13H2,(H2,25,26,28). The maximum Gasteiger partial charge on any atom is 0.349 e. The van der Waals surface area contributed by atoms with Crippen molar-refractivity contribution in [1.29, 1.82) is 0 Å². The number of nitrogens with zero attached hydrogens (tertiary/aromatic N) is 2. The Morgan fingerprint density at radius 3 is 2.43 bits per heavy atom. The second kappa shape index (κ2) is 9.76. The van der Waals surface area contributed by atoms with Crippen molar-refractivity contribution >= 4 is 29.0 Å². The molecule has 6 heteroatoms. The minimum absolute atomic E-state index is 0.197. The lowest BCUT2D eigenvalue weighted by Gasteiger charge is -2.11. The number of hydrogen-bond donors (Lipinski definition) is 1. The first-order chi connectivity index (χ1) is 13.5. The van der Waals surface area contributed by atoms with Crippen molar-refractivity contribution in [3.05, 3.63) is 80.8 Å². The minimum atomic E-state index is -0.328. The quantitative estimate of drug-likeness (QED) is 0.486. The van der Waals surface area contributed by atoms with Gasteiger partial charge in [0.1, 0.15) is 5.82 Å². The summed E-state index contributed by atoms with van der Waals surface area (Å²) in [6.45, 7) is 0.617. The number of halogens is 2. The lowest BCUT2D eigenvalue weighted by Crippen LogP contribution is -2.24. The summed E-state index contributed by atoms with van der Waals surface area (Å²) in [5.41, 5.74) is 8.47. The zero-order valence-electron chi connectivity index (χ0n) is 15.6. The fourth-order valence-corrected chi connectivity index (χ4v) is 3.46. The molecule has 1 aromatic heterocycles. The van der Waals surface area contributed by atoms with Crippen LogP contribution in [0.3, 0.4) is 0 Å². The number of rotatable bonds is 8. The van der Waals surface area contributed by atoms with Gasteiger partial charge >= 0.3 is 5.69 Å². The normalized spacial score (nSPS) is 10.9. The maximum atomic E-state index is 12.2. The number of aryl methyl sites for hydroxylation is 2. The Morgan fingerprint density at radius 2 is 1.68 bits per heavy atom. The van der Waals surface area contributed by atoms with E-state index in [2.05, 4.69) is 29.2 Å². The molecular formula is C22H23Cl2N3O. The Kier molecular flexibility index (Phi) is 7.12. The van der Waals surface area contributed by atoms with Crippen molar-refractivity contribution in [2.75, 3.05) is 5.73 Å². The summed E-state index contributed by atoms with van der Waals surface area (Å²) in [6.07, 6.45) is 7.10. The lowest BCUT2D eigenvalue weighted by atomic mass is 10.1. The van der Waals surface area contributed by atoms with Crippen LogP contribution in [0.1, 0.15) is 31.2 Å². The van der Waals surface area contributed by atoms with Gasteiger partial charge in [-0.25, -0.2) is 4.79 Å². The first-order valence-electron chi connectivity index (χ1n) is 9.41. The molecule has 0 aliphatic heterocycles. The molecule has 0 fully saturated rings. The molecule has 146 valence electrons. The zero-order chi connectivity index (χ0) is 19.9. The van der Waals surface area contributed by atoms with Gasteiger partial charge in [-0.05, 0) is 42.5 Å². The predicted octanol–water partition coefficient (Wildman–Crippen LogP) is 5.60. The SMILES string of the molecule is Nc1nc(=O)n(CCCCCCc2ccccc2)cc1-c1ccc(Cl)c(Cl)c1. The molecule has 0 radical (unpaired) electrons. The molecule has 2 N–H and O–H groups in total. The van der Waals surface area contributed by atoms with Gasteiger partial charge in [-0.2, -0.15) is 4.98 Å². The molecule has 2 aromatic carbocycles. The summed E-state index contributed by atoms with van der Waals surface area (Å²) in [6, 6.07) is 15.8. The van der Waals surface area contributed by atoms with E-state index in [1.54, 1.807) is 22.9 Å². The molecule has 0 unspecified atom stereocenters. The summed E-state index contributed by atoms with van der Waals surface area (Å²) in [5.74, 6) is 0.197. The number of nitrogen functional groups attached to an aromatic ring is 1. The van der Waals surface area contributed by atoms with Crippen LogP contribution in [0.5, 0.6) is 0 Å². The molecule has 1 heterocycles. The number of anilines is 1. The third kappa shape index (κ3) is 5.37. The molecule has 3 aromatic rings. The summed E-state index contributed by atoms with van der Waals surface area (Å²) in [7, 11) is 0. The second-order valence-corrected chi connectivity index (χ2v) is 7.61. The molecule has 4 nitrogen and oxygen atoms in total. The van der Waals surface area contributed by atoms with E-state index < -0.39 is 0 Å². The highest BCUT2D eigenvalue weighted by atomic mass is 35.5. The largest absolute Gasteiger partial charge is 0.383 e. The fourth-order valence-electron chi connectivity index (χ4n) is 3.16. The van der Waals surface area contributed by atoms with E-state index in [0.717, 1.165) is 37.7 Å². The van der Waals surface area contributed by atoms with Gasteiger partial charge in [0.2, 0.25) is 0 Å². The van der Waals surface area contributed by atoms with Crippen molar-refractivity contribution < 1.29 is 0 Å². The van der Waals surface area contributed by atoms with E-state index in [1.165, 1.54) is 5.56 Å². The van der Waals surface area contributed by atoms with Gasteiger partial charge in [-0.3, -0.25) is 4.57 Å². The topological polar surface area (TPSA) is 60.9 Å². The number of aromatic nitrogens is 2. The molecule has 0 amide bonds. The third-order valence-corrected chi connectivity index (χ3v) is 5.45. The van der Waals surface area contributed by atoms with Crippen LogP contribution in [0, 0.1) is 0 Å². The predicted molar refractivity (Wildman–Crippen MR) is 117 cm³/mol. The molecule has 0 spiro atoms. The van der Waals surface area contributed by atoms with Gasteiger partial charge in [-0.15, -0.1) is 0 Å². The number of nitrogens with two attached hydrogens (primary N) is 1. The summed E-state index contributed by atoms with van der Waals surface area (Å²) < 4.78 is 1.62. The zero-order valence-corrected chi connectivity index (χ0v) is 17.1. The van der Waals surface area contributed by atoms with Crippen LogP contribution >= 0.6 is 23.2 Å². The van der Waals surface area contributed by atoms with Crippen LogP contribution < -0.4 is 11.4 Å². The van der Waals surface area contributed by atoms with Crippen molar-refractivity contribution in [3.8, 4) is 11.1 Å². The molecule has 0 saturated heterocycles. The van der Waals surface area contributed by atoms with Gasteiger partial charge in [0.05, 0.1) is 10.0 Å². The average Bonchev–Trinajstić information content (AvgIpc) is 2.69. The molecule has 0 aliphatic carbocycles. The Bertz CT molecular complexity index is 987. The first-order valence-corrected chi connectivity index (χ1v) is 10.2. The molecule has 28 heavy (non-hydrogen) atoms. The second-order valence-electron chi connectivity index (χ2n) is 6.79. The first kappa shape index (κ1) is 20.4. The average molecular weight is 416 g/mol. The van der Waals surface area contributed by atoms with E-state index in [1.807, 2.05) is 12.1 Å². The summed E-state index contributed by atoms with van der Waals surface area (Å²) in [5, 5.41) is 0.913. The Balaban J connectivity index is 1.58. The van der Waals surface area contributed by atoms with Gasteiger partial charge in [0.25, 0.3) is 0 Å². The van der Waals surface area contributed by atoms with Crippen molar-refractivity contribution in [2.24, 2.45) is 0 Å². The van der Waals surface area contributed by atoms with Gasteiger partial charge in [-0.1, -0.05) is 72.4 Å². The van der Waals surface area contributed by atoms with Crippen LogP contribution in [0.2, 0.25) is 10.0 Å². The van der Waals surface area contributed by atoms with Crippen molar-refractivity contribution in [1.82, 2.24) is 9.55 Å². The third-order valence-electron chi connectivity index (χ3n) is 4.71. The molecule has 0 saturated carbocycles. The molecule has 0 aliphatic rings. The number of hydrogen-bond acceptors (Lipinski definition) is 3. The monoisotopic (exact) mass is 415 g/mol. The minimum Gasteiger partial charge on any atom is -0.383 e. The number of unbranched alkanes of at least 4 members (excludes halogenated alkanes) is 3. The van der Waals surface area contributed by atoms with E-state index >= 15 is 0 Å². The Morgan fingerprint density at radius 1 is 0.929 bits per heavy atom. The fraction of sp³-hybridized carbons (Fsp3) is 0.273. The Hall–Kier alpha value is -2.30. The highest BCUT2D eigenvalue weighted by molar-refractivity contribution is 6.42. The van der Waals surface area contributed by atoms with Crippen molar-refractivity contribution in [2.45, 2.75) is 38.6 Å². The van der Waals surface area contributed by atoms with Gasteiger partial charge in [0, 0.05) is 18.3 Å².